The van der Waals surface area contributed by atoms with Crippen LogP contribution in [-0.2, 0) is 27.4 Å². The fourth-order valence-electron chi connectivity index (χ4n) is 5.81. The molecule has 48 heavy (non-hydrogen) atoms. The zero-order valence-electron chi connectivity index (χ0n) is 26.9. The predicted molar refractivity (Wildman–Crippen MR) is 189 cm³/mol. The number of rotatable bonds is 15. The zero-order valence-corrected chi connectivity index (χ0v) is 26.9. The van der Waals surface area contributed by atoms with Crippen LogP contribution in [0, 0.1) is 0 Å². The lowest BCUT2D eigenvalue weighted by Crippen LogP contribution is -2.50. The summed E-state index contributed by atoms with van der Waals surface area (Å²) in [6, 6.07) is 46.1. The van der Waals surface area contributed by atoms with Crippen LogP contribution in [0.4, 0.5) is 4.79 Å². The molecule has 5 aromatic carbocycles. The number of alkyl carbamates (subject to hydrolysis) is 1. The first-order valence-corrected chi connectivity index (χ1v) is 16.3. The van der Waals surface area contributed by atoms with Gasteiger partial charge in [-0.1, -0.05) is 146 Å². The lowest BCUT2D eigenvalue weighted by Gasteiger charge is -2.33. The molecule has 0 heterocycles. The molecule has 0 saturated carbocycles. The zero-order chi connectivity index (χ0) is 33.6. The topological polar surface area (TPSA) is 102 Å². The molecule has 1 atom stereocenters. The second-order valence-corrected chi connectivity index (χ2v) is 11.6. The highest BCUT2D eigenvalue weighted by Gasteiger charge is 2.34. The molecular formula is C41H41N3O4. The SMILES string of the molecule is NC(=O)[C@@H](CCCNC(=O)OCc1ccccc1)N(CCc1ccc(-c2ccccc2)cc1)C(=O)C(c1ccccc1)c1ccccc1. The van der Waals surface area contributed by atoms with Crippen LogP contribution in [0.2, 0.25) is 0 Å². The Morgan fingerprint density at radius 3 is 1.73 bits per heavy atom. The number of carbonyl (C=O) groups excluding carboxylic acids is 3. The fraction of sp³-hybridized carbons (Fsp3) is 0.195. The van der Waals surface area contributed by atoms with E-state index in [0.717, 1.165) is 33.4 Å². The van der Waals surface area contributed by atoms with E-state index in [0.29, 0.717) is 19.4 Å². The van der Waals surface area contributed by atoms with Crippen molar-refractivity contribution in [2.24, 2.45) is 5.73 Å². The Balaban J connectivity index is 1.33. The highest BCUT2D eigenvalue weighted by molar-refractivity contribution is 5.92. The highest BCUT2D eigenvalue weighted by Crippen LogP contribution is 2.29. The Bertz CT molecular complexity index is 1690. The molecule has 7 heteroatoms. The average molecular weight is 640 g/mol. The molecule has 0 radical (unpaired) electrons. The maximum Gasteiger partial charge on any atom is 0.407 e. The summed E-state index contributed by atoms with van der Waals surface area (Å²) in [5.74, 6) is -1.41. The van der Waals surface area contributed by atoms with Crippen molar-refractivity contribution in [2.45, 2.75) is 37.8 Å². The van der Waals surface area contributed by atoms with Gasteiger partial charge in [-0.15, -0.1) is 0 Å². The average Bonchev–Trinajstić information content (AvgIpc) is 3.13. The first-order valence-electron chi connectivity index (χ1n) is 16.3. The second-order valence-electron chi connectivity index (χ2n) is 11.6. The van der Waals surface area contributed by atoms with Gasteiger partial charge >= 0.3 is 6.09 Å². The quantitative estimate of drug-likeness (QED) is 0.119. The number of benzene rings is 5. The molecule has 5 aromatic rings. The van der Waals surface area contributed by atoms with Gasteiger partial charge in [-0.25, -0.2) is 4.79 Å². The number of nitrogens with two attached hydrogens (primary N) is 1. The molecule has 0 fully saturated rings. The third kappa shape index (κ3) is 9.42. The molecule has 0 aliphatic rings. The summed E-state index contributed by atoms with van der Waals surface area (Å²) in [7, 11) is 0. The molecule has 0 unspecified atom stereocenters. The molecule has 0 aliphatic heterocycles. The van der Waals surface area contributed by atoms with Crippen LogP contribution in [0.25, 0.3) is 11.1 Å². The third-order valence-electron chi connectivity index (χ3n) is 8.34. The summed E-state index contributed by atoms with van der Waals surface area (Å²) in [5.41, 5.74) is 11.8. The molecule has 5 rings (SSSR count). The van der Waals surface area contributed by atoms with Gasteiger partial charge in [0.15, 0.2) is 0 Å². The van der Waals surface area contributed by atoms with Gasteiger partial charge in [0.05, 0.1) is 5.92 Å². The lowest BCUT2D eigenvalue weighted by atomic mass is 9.89. The van der Waals surface area contributed by atoms with E-state index < -0.39 is 24.0 Å². The van der Waals surface area contributed by atoms with Crippen molar-refractivity contribution in [2.75, 3.05) is 13.1 Å². The van der Waals surface area contributed by atoms with Crippen molar-refractivity contribution < 1.29 is 19.1 Å². The summed E-state index contributed by atoms with van der Waals surface area (Å²) in [6.45, 7) is 0.715. The van der Waals surface area contributed by atoms with Crippen molar-refractivity contribution >= 4 is 17.9 Å². The van der Waals surface area contributed by atoms with Gasteiger partial charge in [0, 0.05) is 13.1 Å². The minimum Gasteiger partial charge on any atom is -0.445 e. The van der Waals surface area contributed by atoms with Crippen LogP contribution in [0.3, 0.4) is 0 Å². The van der Waals surface area contributed by atoms with Crippen LogP contribution in [0.1, 0.15) is 41.0 Å². The van der Waals surface area contributed by atoms with Crippen molar-refractivity contribution in [1.82, 2.24) is 10.2 Å². The minimum absolute atomic E-state index is 0.158. The Hall–Kier alpha value is -5.69. The van der Waals surface area contributed by atoms with Crippen molar-refractivity contribution in [3.05, 3.63) is 168 Å². The summed E-state index contributed by atoms with van der Waals surface area (Å²) >= 11 is 0. The maximum absolute atomic E-state index is 14.6. The van der Waals surface area contributed by atoms with Crippen molar-refractivity contribution in [1.29, 1.82) is 0 Å². The van der Waals surface area contributed by atoms with E-state index in [4.69, 9.17) is 10.5 Å². The van der Waals surface area contributed by atoms with E-state index in [2.05, 4.69) is 41.7 Å². The summed E-state index contributed by atoms with van der Waals surface area (Å²) in [6.07, 6.45) is 0.689. The number of nitrogens with one attached hydrogen (secondary N) is 1. The van der Waals surface area contributed by atoms with Gasteiger partial charge in [-0.2, -0.15) is 0 Å². The van der Waals surface area contributed by atoms with E-state index in [1.165, 1.54) is 0 Å². The van der Waals surface area contributed by atoms with Gasteiger partial charge in [0.2, 0.25) is 11.8 Å². The number of hydrogen-bond acceptors (Lipinski definition) is 4. The second kappa shape index (κ2) is 17.3. The largest absolute Gasteiger partial charge is 0.445 e. The minimum atomic E-state index is -0.877. The molecular weight excluding hydrogens is 598 g/mol. The predicted octanol–water partition coefficient (Wildman–Crippen LogP) is 7.12. The molecule has 3 N–H and O–H groups in total. The molecule has 244 valence electrons. The Labute approximate surface area is 282 Å². The maximum atomic E-state index is 14.6. The lowest BCUT2D eigenvalue weighted by molar-refractivity contribution is -0.140. The normalized spacial score (nSPS) is 11.4. The van der Waals surface area contributed by atoms with Gasteiger partial charge in [0.25, 0.3) is 0 Å². The Morgan fingerprint density at radius 1 is 0.646 bits per heavy atom. The summed E-state index contributed by atoms with van der Waals surface area (Å²) in [4.78, 5) is 41.7. The monoisotopic (exact) mass is 639 g/mol. The molecule has 0 bridgehead atoms. The van der Waals surface area contributed by atoms with Crippen LogP contribution in [0.15, 0.2) is 146 Å². The summed E-state index contributed by atoms with van der Waals surface area (Å²) in [5, 5.41) is 2.75. The van der Waals surface area contributed by atoms with Gasteiger partial charge in [0.1, 0.15) is 12.6 Å². The molecule has 0 aromatic heterocycles. The molecule has 0 spiro atoms. The Kier molecular flexibility index (Phi) is 12.1. The van der Waals surface area contributed by atoms with E-state index in [-0.39, 0.29) is 25.5 Å². The third-order valence-corrected chi connectivity index (χ3v) is 8.34. The molecule has 0 aliphatic carbocycles. The standard InChI is InChI=1S/C41H41N3O4/c42-39(45)37(22-13-28-43-41(47)48-30-32-14-5-1-6-15-32)44(29-27-31-23-25-34(26-24-31)33-16-7-2-8-17-33)40(46)38(35-18-9-3-10-19-35)36-20-11-4-12-21-36/h1-12,14-21,23-26,37-38H,13,22,27-30H2,(H2,42,45)(H,43,47)/t37-/m1/s1. The van der Waals surface area contributed by atoms with E-state index >= 15 is 0 Å². The smallest absolute Gasteiger partial charge is 0.407 e. The van der Waals surface area contributed by atoms with Gasteiger partial charge < -0.3 is 20.7 Å². The number of hydrogen-bond donors (Lipinski definition) is 2. The van der Waals surface area contributed by atoms with Crippen molar-refractivity contribution in [3.8, 4) is 11.1 Å². The van der Waals surface area contributed by atoms with Crippen LogP contribution < -0.4 is 11.1 Å². The fourth-order valence-corrected chi connectivity index (χ4v) is 5.81. The van der Waals surface area contributed by atoms with Crippen LogP contribution in [-0.4, -0.2) is 41.9 Å². The van der Waals surface area contributed by atoms with Crippen molar-refractivity contribution in [3.63, 3.8) is 0 Å². The molecule has 7 nitrogen and oxygen atoms in total. The number of primary amides is 1. The van der Waals surface area contributed by atoms with Crippen LogP contribution >= 0.6 is 0 Å². The van der Waals surface area contributed by atoms with Gasteiger partial charge in [-0.3, -0.25) is 9.59 Å². The summed E-state index contributed by atoms with van der Waals surface area (Å²) < 4.78 is 5.32. The number of ether oxygens (including phenoxy) is 1. The number of amides is 3. The Morgan fingerprint density at radius 2 is 1.17 bits per heavy atom. The van der Waals surface area contributed by atoms with Crippen LogP contribution in [0.5, 0.6) is 0 Å². The highest BCUT2D eigenvalue weighted by atomic mass is 16.5. The van der Waals surface area contributed by atoms with Gasteiger partial charge in [-0.05, 0) is 52.6 Å². The van der Waals surface area contributed by atoms with E-state index in [9.17, 15) is 14.4 Å². The molecule has 0 saturated heterocycles. The first-order chi connectivity index (χ1) is 23.5. The van der Waals surface area contributed by atoms with E-state index in [1.807, 2.05) is 109 Å². The number of carbonyl (C=O) groups is 3. The first kappa shape index (κ1) is 33.7. The van der Waals surface area contributed by atoms with E-state index in [1.54, 1.807) is 4.90 Å². The number of nitrogens with zero attached hydrogens (tertiary/aromatic N) is 1. The molecule has 3 amide bonds.